The van der Waals surface area contributed by atoms with Gasteiger partial charge in [0.1, 0.15) is 0 Å². The van der Waals surface area contributed by atoms with Crippen LogP contribution in [0.3, 0.4) is 0 Å². The molecule has 2 aliphatic rings. The van der Waals surface area contributed by atoms with Crippen LogP contribution >= 0.6 is 0 Å². The lowest BCUT2D eigenvalue weighted by atomic mass is 9.71. The molecule has 96 valence electrons. The Morgan fingerprint density at radius 2 is 1.58 bits per heavy atom. The van der Waals surface area contributed by atoms with Crippen molar-refractivity contribution in [3.8, 4) is 0 Å². The average molecular weight is 249 g/mol. The zero-order valence-corrected chi connectivity index (χ0v) is 11.3. The van der Waals surface area contributed by atoms with Crippen molar-refractivity contribution in [3.05, 3.63) is 70.8 Å². The van der Waals surface area contributed by atoms with Gasteiger partial charge in [0.2, 0.25) is 0 Å². The Kier molecular flexibility index (Phi) is 2.49. The Labute approximate surface area is 114 Å². The molecule has 0 unspecified atom stereocenters. The van der Waals surface area contributed by atoms with Crippen LogP contribution < -0.4 is 5.32 Å². The SMILES string of the molecule is C[C@H]1N[C@H]2CCc3ccccc3[C@H]2c2ccccc21. The van der Waals surface area contributed by atoms with Crippen molar-refractivity contribution in [2.24, 2.45) is 0 Å². The van der Waals surface area contributed by atoms with Crippen LogP contribution in [-0.4, -0.2) is 6.04 Å². The van der Waals surface area contributed by atoms with Gasteiger partial charge in [-0.25, -0.2) is 0 Å². The highest BCUT2D eigenvalue weighted by Gasteiger charge is 2.36. The quantitative estimate of drug-likeness (QED) is 0.749. The zero-order valence-electron chi connectivity index (χ0n) is 11.3. The van der Waals surface area contributed by atoms with Gasteiger partial charge in [-0.1, -0.05) is 48.5 Å². The van der Waals surface area contributed by atoms with E-state index in [9.17, 15) is 0 Å². The summed E-state index contributed by atoms with van der Waals surface area (Å²) in [5.41, 5.74) is 6.08. The summed E-state index contributed by atoms with van der Waals surface area (Å²) in [6.45, 7) is 2.29. The number of aryl methyl sites for hydroxylation is 1. The van der Waals surface area contributed by atoms with Crippen molar-refractivity contribution >= 4 is 0 Å². The molecule has 2 aromatic rings. The van der Waals surface area contributed by atoms with E-state index in [0.29, 0.717) is 18.0 Å². The summed E-state index contributed by atoms with van der Waals surface area (Å²) >= 11 is 0. The Balaban J connectivity index is 1.92. The first-order valence-electron chi connectivity index (χ1n) is 7.27. The second-order valence-corrected chi connectivity index (χ2v) is 5.84. The molecule has 1 heteroatoms. The molecule has 2 aromatic carbocycles. The maximum Gasteiger partial charge on any atom is 0.0297 e. The molecule has 0 bridgehead atoms. The molecule has 1 nitrogen and oxygen atoms in total. The molecule has 19 heavy (non-hydrogen) atoms. The van der Waals surface area contributed by atoms with Gasteiger partial charge in [0.25, 0.3) is 0 Å². The van der Waals surface area contributed by atoms with E-state index in [2.05, 4.69) is 60.8 Å². The van der Waals surface area contributed by atoms with Crippen LogP contribution in [-0.2, 0) is 6.42 Å². The molecule has 1 aliphatic carbocycles. The van der Waals surface area contributed by atoms with E-state index in [-0.39, 0.29) is 0 Å². The van der Waals surface area contributed by atoms with Gasteiger partial charge >= 0.3 is 0 Å². The highest BCUT2D eigenvalue weighted by atomic mass is 15.0. The van der Waals surface area contributed by atoms with E-state index < -0.39 is 0 Å². The molecular weight excluding hydrogens is 230 g/mol. The lowest BCUT2D eigenvalue weighted by Crippen LogP contribution is -2.44. The van der Waals surface area contributed by atoms with Gasteiger partial charge in [-0.15, -0.1) is 0 Å². The zero-order chi connectivity index (χ0) is 12.8. The fourth-order valence-electron chi connectivity index (χ4n) is 3.92. The van der Waals surface area contributed by atoms with E-state index in [4.69, 9.17) is 0 Å². The fraction of sp³-hybridized carbons (Fsp3) is 0.333. The summed E-state index contributed by atoms with van der Waals surface area (Å²) in [6.07, 6.45) is 2.46. The number of hydrogen-bond donors (Lipinski definition) is 1. The predicted octanol–water partition coefficient (Wildman–Crippen LogP) is 3.80. The molecular formula is C18H19N. The van der Waals surface area contributed by atoms with Crippen LogP contribution in [0.25, 0.3) is 0 Å². The number of fused-ring (bicyclic) bond motifs is 5. The van der Waals surface area contributed by atoms with E-state index in [1.807, 2.05) is 0 Å². The predicted molar refractivity (Wildman–Crippen MR) is 78.4 cm³/mol. The molecule has 0 saturated heterocycles. The van der Waals surface area contributed by atoms with Crippen molar-refractivity contribution < 1.29 is 0 Å². The van der Waals surface area contributed by atoms with Gasteiger partial charge in [0, 0.05) is 18.0 Å². The third kappa shape index (κ3) is 1.65. The van der Waals surface area contributed by atoms with Gasteiger partial charge < -0.3 is 5.32 Å². The molecule has 0 amide bonds. The summed E-state index contributed by atoms with van der Waals surface area (Å²) in [6, 6.07) is 19.0. The molecule has 0 saturated carbocycles. The lowest BCUT2D eigenvalue weighted by molar-refractivity contribution is 0.354. The largest absolute Gasteiger partial charge is 0.306 e. The van der Waals surface area contributed by atoms with Crippen LogP contribution in [0.15, 0.2) is 48.5 Å². The lowest BCUT2D eigenvalue weighted by Gasteiger charge is -2.42. The van der Waals surface area contributed by atoms with Crippen LogP contribution in [0.2, 0.25) is 0 Å². The van der Waals surface area contributed by atoms with Gasteiger partial charge in [-0.2, -0.15) is 0 Å². The van der Waals surface area contributed by atoms with E-state index in [1.54, 1.807) is 0 Å². The smallest absolute Gasteiger partial charge is 0.0297 e. The van der Waals surface area contributed by atoms with Crippen LogP contribution in [0, 0.1) is 0 Å². The molecule has 3 atom stereocenters. The van der Waals surface area contributed by atoms with Crippen molar-refractivity contribution in [2.75, 3.05) is 0 Å². The van der Waals surface area contributed by atoms with Gasteiger partial charge in [0.05, 0.1) is 0 Å². The van der Waals surface area contributed by atoms with Crippen LogP contribution in [0.5, 0.6) is 0 Å². The summed E-state index contributed by atoms with van der Waals surface area (Å²) < 4.78 is 0. The molecule has 1 heterocycles. The van der Waals surface area contributed by atoms with Gasteiger partial charge in [0.15, 0.2) is 0 Å². The minimum absolute atomic E-state index is 0.475. The number of nitrogens with one attached hydrogen (secondary N) is 1. The van der Waals surface area contributed by atoms with Gasteiger partial charge in [-0.05, 0) is 42.0 Å². The first kappa shape index (κ1) is 11.2. The Hall–Kier alpha value is -1.60. The summed E-state index contributed by atoms with van der Waals surface area (Å²) in [5.74, 6) is 0.539. The molecule has 0 aromatic heterocycles. The minimum Gasteiger partial charge on any atom is -0.306 e. The standard InChI is InChI=1S/C18H19N/c1-12-14-7-4-5-9-16(14)18-15-8-3-2-6-13(15)10-11-17(18)19-12/h2-9,12,17-19H,10-11H2,1H3/t12-,17+,18+/m1/s1. The second-order valence-electron chi connectivity index (χ2n) is 5.84. The van der Waals surface area contributed by atoms with Gasteiger partial charge in [-0.3, -0.25) is 0 Å². The van der Waals surface area contributed by atoms with Crippen molar-refractivity contribution in [1.82, 2.24) is 5.32 Å². The number of rotatable bonds is 0. The topological polar surface area (TPSA) is 12.0 Å². The Bertz CT molecular complexity index is 617. The van der Waals surface area contributed by atoms with E-state index in [1.165, 1.54) is 35.1 Å². The maximum atomic E-state index is 3.82. The summed E-state index contributed by atoms with van der Waals surface area (Å²) in [7, 11) is 0. The van der Waals surface area contributed by atoms with Crippen molar-refractivity contribution in [3.63, 3.8) is 0 Å². The average Bonchev–Trinajstić information content (AvgIpc) is 2.47. The third-order valence-corrected chi connectivity index (χ3v) is 4.78. The summed E-state index contributed by atoms with van der Waals surface area (Å²) in [5, 5.41) is 3.82. The normalized spacial score (nSPS) is 28.2. The highest BCUT2D eigenvalue weighted by molar-refractivity contribution is 5.47. The maximum absolute atomic E-state index is 3.82. The summed E-state index contributed by atoms with van der Waals surface area (Å²) in [4.78, 5) is 0. The Morgan fingerprint density at radius 3 is 2.42 bits per heavy atom. The fourth-order valence-corrected chi connectivity index (χ4v) is 3.92. The van der Waals surface area contributed by atoms with Crippen molar-refractivity contribution in [2.45, 2.75) is 37.8 Å². The molecule has 1 aliphatic heterocycles. The molecule has 0 fully saturated rings. The molecule has 1 N–H and O–H groups in total. The minimum atomic E-state index is 0.475. The molecule has 0 spiro atoms. The van der Waals surface area contributed by atoms with E-state index >= 15 is 0 Å². The van der Waals surface area contributed by atoms with Crippen molar-refractivity contribution in [1.29, 1.82) is 0 Å². The first-order valence-corrected chi connectivity index (χ1v) is 7.27. The Morgan fingerprint density at radius 1 is 0.895 bits per heavy atom. The second kappa shape index (κ2) is 4.21. The van der Waals surface area contributed by atoms with E-state index in [0.717, 1.165) is 0 Å². The third-order valence-electron chi connectivity index (χ3n) is 4.78. The van der Waals surface area contributed by atoms with Crippen LogP contribution in [0.1, 0.15) is 47.6 Å². The molecule has 0 radical (unpaired) electrons. The molecule has 4 rings (SSSR count). The van der Waals surface area contributed by atoms with Crippen LogP contribution in [0.4, 0.5) is 0 Å². The first-order chi connectivity index (χ1) is 9.34. The monoisotopic (exact) mass is 249 g/mol. The number of hydrogen-bond acceptors (Lipinski definition) is 1. The number of benzene rings is 2. The highest BCUT2D eigenvalue weighted by Crippen LogP contribution is 2.43.